The Morgan fingerprint density at radius 2 is 1.86 bits per heavy atom. The molecule has 2 N–H and O–H groups in total. The molecule has 0 amide bonds. The molecule has 4 aliphatic carbocycles. The number of rotatable bonds is 1. The second-order valence-corrected chi connectivity index (χ2v) is 9.19. The van der Waals surface area contributed by atoms with E-state index in [1.54, 1.807) is 12.1 Å². The maximum atomic E-state index is 6.49. The zero-order valence-electron chi connectivity index (χ0n) is 13.6. The third-order valence-electron chi connectivity index (χ3n) is 7.18. The fraction of sp³-hybridized carbons (Fsp3) is 0.789. The van der Waals surface area contributed by atoms with Crippen LogP contribution in [0.15, 0.2) is 6.07 Å². The topological polar surface area (TPSA) is 30.9 Å². The maximum absolute atomic E-state index is 6.49. The van der Waals surface area contributed by atoms with Gasteiger partial charge in [0.25, 0.3) is 0 Å². The molecule has 21 heavy (non-hydrogen) atoms. The number of fused-ring (bicyclic) bond motifs is 6. The molecule has 1 aromatic rings. The summed E-state index contributed by atoms with van der Waals surface area (Å²) in [6.45, 7) is 7.09. The molecule has 5 unspecified atom stereocenters. The molecule has 0 saturated heterocycles. The van der Waals surface area contributed by atoms with E-state index in [4.69, 9.17) is 5.73 Å². The lowest BCUT2D eigenvalue weighted by Crippen LogP contribution is -2.30. The van der Waals surface area contributed by atoms with Crippen molar-refractivity contribution in [3.63, 3.8) is 0 Å². The van der Waals surface area contributed by atoms with E-state index >= 15 is 0 Å². The van der Waals surface area contributed by atoms with E-state index in [1.807, 2.05) is 0 Å². The molecule has 4 aliphatic rings. The van der Waals surface area contributed by atoms with Crippen molar-refractivity contribution in [3.8, 4) is 0 Å². The summed E-state index contributed by atoms with van der Waals surface area (Å²) in [5.74, 6) is 4.13. The van der Waals surface area contributed by atoms with Crippen molar-refractivity contribution in [1.29, 1.82) is 0 Å². The third-order valence-corrected chi connectivity index (χ3v) is 7.18. The second-order valence-electron chi connectivity index (χ2n) is 9.19. The van der Waals surface area contributed by atoms with Crippen LogP contribution >= 0.6 is 0 Å². The lowest BCUT2D eigenvalue weighted by Gasteiger charge is -2.35. The molecule has 0 aliphatic heterocycles. The smallest absolute Gasteiger partial charge is 0.0404 e. The van der Waals surface area contributed by atoms with Gasteiger partial charge in [-0.1, -0.05) is 13.8 Å². The van der Waals surface area contributed by atoms with Crippen LogP contribution in [-0.4, -0.2) is 4.57 Å². The molecule has 0 aromatic carbocycles. The quantitative estimate of drug-likeness (QED) is 0.830. The highest BCUT2D eigenvalue weighted by Crippen LogP contribution is 2.72. The molecule has 3 fully saturated rings. The normalized spacial score (nSPS) is 45.5. The Morgan fingerprint density at radius 1 is 1.19 bits per heavy atom. The number of nitrogens with zero attached hydrogens (tertiary/aromatic N) is 1. The summed E-state index contributed by atoms with van der Waals surface area (Å²) in [6.07, 6.45) is 6.91. The van der Waals surface area contributed by atoms with Gasteiger partial charge in [0, 0.05) is 23.5 Å². The zero-order chi connectivity index (χ0) is 14.5. The van der Waals surface area contributed by atoms with Crippen LogP contribution in [0.3, 0.4) is 0 Å². The van der Waals surface area contributed by atoms with E-state index in [0.29, 0.717) is 5.41 Å². The van der Waals surface area contributed by atoms with Crippen molar-refractivity contribution < 1.29 is 0 Å². The zero-order valence-corrected chi connectivity index (χ0v) is 13.6. The monoisotopic (exact) mass is 284 g/mol. The van der Waals surface area contributed by atoms with Crippen LogP contribution in [0.4, 0.5) is 0 Å². The van der Waals surface area contributed by atoms with Crippen molar-refractivity contribution in [1.82, 2.24) is 4.57 Å². The lowest BCUT2D eigenvalue weighted by molar-refractivity contribution is 0.272. The van der Waals surface area contributed by atoms with Gasteiger partial charge in [-0.25, -0.2) is 0 Å². The number of aromatic nitrogens is 1. The van der Waals surface area contributed by atoms with Gasteiger partial charge in [0.2, 0.25) is 0 Å². The molecule has 5 atom stereocenters. The van der Waals surface area contributed by atoms with Gasteiger partial charge in [-0.15, -0.1) is 0 Å². The van der Waals surface area contributed by atoms with Crippen molar-refractivity contribution >= 4 is 0 Å². The van der Waals surface area contributed by atoms with Crippen LogP contribution in [0.25, 0.3) is 0 Å². The first kappa shape index (κ1) is 12.8. The minimum atomic E-state index is 0.249. The SMILES string of the molecule is Cc1cc2c(n1C1C3C4CCC(C4)C31)CC(C)(C)CC2N. The summed E-state index contributed by atoms with van der Waals surface area (Å²) in [7, 11) is 0. The summed E-state index contributed by atoms with van der Waals surface area (Å²) in [4.78, 5) is 0. The summed E-state index contributed by atoms with van der Waals surface area (Å²) < 4.78 is 2.75. The fourth-order valence-electron chi connectivity index (χ4n) is 6.51. The van der Waals surface area contributed by atoms with Crippen molar-refractivity contribution in [2.24, 2.45) is 34.8 Å². The average molecular weight is 284 g/mol. The van der Waals surface area contributed by atoms with Crippen molar-refractivity contribution in [3.05, 3.63) is 23.0 Å². The van der Waals surface area contributed by atoms with E-state index < -0.39 is 0 Å². The van der Waals surface area contributed by atoms with Gasteiger partial charge in [-0.2, -0.15) is 0 Å². The third kappa shape index (κ3) is 1.58. The highest BCUT2D eigenvalue weighted by molar-refractivity contribution is 5.36. The number of hydrogen-bond donors (Lipinski definition) is 1. The minimum Gasteiger partial charge on any atom is -0.345 e. The number of hydrogen-bond acceptors (Lipinski definition) is 1. The van der Waals surface area contributed by atoms with Crippen LogP contribution < -0.4 is 5.73 Å². The molecule has 2 bridgehead atoms. The Morgan fingerprint density at radius 3 is 2.52 bits per heavy atom. The molecule has 5 rings (SSSR count). The highest BCUT2D eigenvalue weighted by atomic mass is 15.1. The van der Waals surface area contributed by atoms with Gasteiger partial charge in [0.1, 0.15) is 0 Å². The molecule has 3 saturated carbocycles. The summed E-state index contributed by atoms with van der Waals surface area (Å²) in [6, 6.07) is 3.49. The number of aryl methyl sites for hydroxylation is 1. The largest absolute Gasteiger partial charge is 0.345 e. The van der Waals surface area contributed by atoms with Crippen LogP contribution in [0.2, 0.25) is 0 Å². The predicted octanol–water partition coefficient (Wildman–Crippen LogP) is 3.99. The van der Waals surface area contributed by atoms with Crippen molar-refractivity contribution in [2.45, 2.75) is 65.0 Å². The van der Waals surface area contributed by atoms with Crippen LogP contribution in [0.1, 0.15) is 68.6 Å². The summed E-state index contributed by atoms with van der Waals surface area (Å²) in [5.41, 5.74) is 11.4. The second kappa shape index (κ2) is 3.76. The Balaban J connectivity index is 1.57. The van der Waals surface area contributed by atoms with Crippen LogP contribution in [0, 0.1) is 36.0 Å². The molecule has 0 radical (unpaired) electrons. The van der Waals surface area contributed by atoms with Gasteiger partial charge in [0.15, 0.2) is 0 Å². The van der Waals surface area contributed by atoms with Crippen LogP contribution in [0.5, 0.6) is 0 Å². The first-order valence-corrected chi connectivity index (χ1v) is 8.92. The van der Waals surface area contributed by atoms with Crippen molar-refractivity contribution in [2.75, 3.05) is 0 Å². The summed E-state index contributed by atoms with van der Waals surface area (Å²) >= 11 is 0. The van der Waals surface area contributed by atoms with E-state index in [9.17, 15) is 0 Å². The first-order chi connectivity index (χ1) is 9.96. The highest BCUT2D eigenvalue weighted by Gasteiger charge is 2.66. The lowest BCUT2D eigenvalue weighted by atomic mass is 9.74. The Bertz CT molecular complexity index is 595. The average Bonchev–Trinajstić information content (AvgIpc) is 2.72. The summed E-state index contributed by atoms with van der Waals surface area (Å²) in [5, 5.41) is 0. The molecular formula is C19H28N2. The van der Waals surface area contributed by atoms with Gasteiger partial charge in [0.05, 0.1) is 0 Å². The van der Waals surface area contributed by atoms with Gasteiger partial charge < -0.3 is 10.3 Å². The molecular weight excluding hydrogens is 256 g/mol. The fourth-order valence-corrected chi connectivity index (χ4v) is 6.51. The molecule has 1 heterocycles. The Labute approximate surface area is 128 Å². The van der Waals surface area contributed by atoms with Gasteiger partial charge in [-0.3, -0.25) is 0 Å². The number of nitrogens with two attached hydrogens (primary N) is 1. The molecule has 0 spiro atoms. The standard InChI is InChI=1S/C19H28N2/c1-10-6-13-14(20)8-19(2,3)9-15(13)21(10)18-16-11-4-5-12(7-11)17(16)18/h6,11-12,14,16-18H,4-5,7-9,20H2,1-3H3. The Kier molecular flexibility index (Phi) is 2.29. The van der Waals surface area contributed by atoms with Gasteiger partial charge >= 0.3 is 0 Å². The minimum absolute atomic E-state index is 0.249. The van der Waals surface area contributed by atoms with E-state index in [1.165, 1.54) is 30.5 Å². The van der Waals surface area contributed by atoms with E-state index in [0.717, 1.165) is 36.1 Å². The van der Waals surface area contributed by atoms with Crippen LogP contribution in [-0.2, 0) is 6.42 Å². The maximum Gasteiger partial charge on any atom is 0.0404 e. The molecule has 1 aromatic heterocycles. The Hall–Kier alpha value is -0.760. The molecule has 2 heteroatoms. The molecule has 114 valence electrons. The van der Waals surface area contributed by atoms with E-state index in [2.05, 4.69) is 31.4 Å². The first-order valence-electron chi connectivity index (χ1n) is 8.92. The predicted molar refractivity (Wildman–Crippen MR) is 85.0 cm³/mol. The molecule has 2 nitrogen and oxygen atoms in total. The van der Waals surface area contributed by atoms with Gasteiger partial charge in [-0.05, 0) is 79.7 Å². The van der Waals surface area contributed by atoms with E-state index in [-0.39, 0.29) is 6.04 Å².